The second kappa shape index (κ2) is 10.5. The van der Waals surface area contributed by atoms with E-state index < -0.39 is 11.5 Å². The Kier molecular flexibility index (Phi) is 7.00. The number of para-hydroxylation sites is 1. The van der Waals surface area contributed by atoms with Crippen molar-refractivity contribution in [3.8, 4) is 28.7 Å². The van der Waals surface area contributed by atoms with Gasteiger partial charge in [0.2, 0.25) is 0 Å². The molecule has 0 saturated carbocycles. The van der Waals surface area contributed by atoms with Crippen LogP contribution in [0.1, 0.15) is 16.1 Å². The van der Waals surface area contributed by atoms with E-state index in [1.165, 1.54) is 4.68 Å². The Balaban J connectivity index is 1.41. The zero-order valence-corrected chi connectivity index (χ0v) is 22.4. The van der Waals surface area contributed by atoms with E-state index in [2.05, 4.69) is 10.3 Å². The molecule has 0 aliphatic heterocycles. The number of hydrogen-bond acceptors (Lipinski definition) is 6. The summed E-state index contributed by atoms with van der Waals surface area (Å²) in [5.74, 6) is 1.44. The summed E-state index contributed by atoms with van der Waals surface area (Å²) in [7, 11) is 4.85. The monoisotopic (exact) mass is 544 g/mol. The summed E-state index contributed by atoms with van der Waals surface area (Å²) in [6, 6.07) is 19.3. The first-order valence-electron chi connectivity index (χ1n) is 12.0. The number of pyridine rings is 1. The number of anilines is 1. The van der Waals surface area contributed by atoms with Crippen molar-refractivity contribution in [3.05, 3.63) is 99.6 Å². The third kappa shape index (κ3) is 4.80. The lowest BCUT2D eigenvalue weighted by Crippen LogP contribution is -2.25. The van der Waals surface area contributed by atoms with Crippen LogP contribution in [0.3, 0.4) is 0 Å². The molecule has 0 aliphatic carbocycles. The predicted octanol–water partition coefficient (Wildman–Crippen LogP) is 5.75. The van der Waals surface area contributed by atoms with Crippen LogP contribution >= 0.6 is 11.6 Å². The van der Waals surface area contributed by atoms with Gasteiger partial charge in [0.25, 0.3) is 11.5 Å². The number of halogens is 1. The summed E-state index contributed by atoms with van der Waals surface area (Å²) >= 11 is 6.53. The number of benzene rings is 3. The molecule has 0 unspecified atom stereocenters. The van der Waals surface area contributed by atoms with Gasteiger partial charge in [-0.05, 0) is 49.4 Å². The highest BCUT2D eigenvalue weighted by molar-refractivity contribution is 6.32. The molecule has 1 amide bonds. The second-order valence-electron chi connectivity index (χ2n) is 8.67. The average Bonchev–Trinajstić information content (AvgIpc) is 3.17. The maximum atomic E-state index is 13.2. The molecule has 0 aliphatic rings. The average molecular weight is 545 g/mol. The molecule has 5 rings (SSSR count). The van der Waals surface area contributed by atoms with Gasteiger partial charge in [-0.25, -0.2) is 4.68 Å². The molecule has 1 N–H and O–H groups in total. The van der Waals surface area contributed by atoms with Gasteiger partial charge < -0.3 is 19.5 Å². The first kappa shape index (κ1) is 25.9. The first-order chi connectivity index (χ1) is 18.8. The van der Waals surface area contributed by atoms with Crippen LogP contribution in [0.2, 0.25) is 5.02 Å². The van der Waals surface area contributed by atoms with Crippen molar-refractivity contribution in [1.29, 1.82) is 0 Å². The molecule has 0 saturated heterocycles. The number of rotatable bonds is 7. The number of nitrogens with one attached hydrogen (secondary N) is 1. The predicted molar refractivity (Wildman–Crippen MR) is 150 cm³/mol. The summed E-state index contributed by atoms with van der Waals surface area (Å²) in [6.07, 6.45) is 1.62. The molecule has 5 aromatic rings. The summed E-state index contributed by atoms with van der Waals surface area (Å²) in [4.78, 5) is 30.7. The Bertz CT molecular complexity index is 1760. The molecule has 0 radical (unpaired) electrons. The maximum Gasteiger partial charge on any atom is 0.284 e. The van der Waals surface area contributed by atoms with Crippen molar-refractivity contribution in [2.24, 2.45) is 7.05 Å². The third-order valence-corrected chi connectivity index (χ3v) is 6.69. The topological polar surface area (TPSA) is 96.6 Å². The van der Waals surface area contributed by atoms with Gasteiger partial charge in [-0.15, -0.1) is 0 Å². The maximum absolute atomic E-state index is 13.2. The Morgan fingerprint density at radius 2 is 1.64 bits per heavy atom. The fourth-order valence-corrected chi connectivity index (χ4v) is 4.56. The fourth-order valence-electron chi connectivity index (χ4n) is 4.34. The van der Waals surface area contributed by atoms with Gasteiger partial charge >= 0.3 is 0 Å². The molecule has 0 bridgehead atoms. The Morgan fingerprint density at radius 1 is 0.923 bits per heavy atom. The molecule has 2 aromatic heterocycles. The summed E-state index contributed by atoms with van der Waals surface area (Å²) in [5, 5.41) is 3.75. The lowest BCUT2D eigenvalue weighted by molar-refractivity contribution is 0.102. The largest absolute Gasteiger partial charge is 0.493 e. The minimum absolute atomic E-state index is 0.0467. The minimum atomic E-state index is -0.534. The Hall–Kier alpha value is -4.76. The first-order valence-corrected chi connectivity index (χ1v) is 12.3. The van der Waals surface area contributed by atoms with E-state index in [9.17, 15) is 9.59 Å². The van der Waals surface area contributed by atoms with Crippen molar-refractivity contribution >= 4 is 34.1 Å². The molecule has 39 heavy (non-hydrogen) atoms. The van der Waals surface area contributed by atoms with Crippen molar-refractivity contribution < 1.29 is 19.0 Å². The van der Waals surface area contributed by atoms with Gasteiger partial charge in [-0.3, -0.25) is 19.3 Å². The minimum Gasteiger partial charge on any atom is -0.493 e. The van der Waals surface area contributed by atoms with E-state index in [4.69, 9.17) is 25.8 Å². The highest BCUT2D eigenvalue weighted by Crippen LogP contribution is 2.38. The quantitative estimate of drug-likeness (QED) is 0.280. The van der Waals surface area contributed by atoms with Gasteiger partial charge in [0.15, 0.2) is 11.5 Å². The Morgan fingerprint density at radius 3 is 2.33 bits per heavy atom. The van der Waals surface area contributed by atoms with E-state index in [0.29, 0.717) is 51.0 Å². The van der Waals surface area contributed by atoms with Crippen LogP contribution in [0.25, 0.3) is 16.6 Å². The number of hydrogen-bond donors (Lipinski definition) is 1. The number of fused-ring (bicyclic) bond motifs is 1. The van der Waals surface area contributed by atoms with Crippen molar-refractivity contribution in [2.75, 3.05) is 19.5 Å². The molecule has 198 valence electrons. The zero-order chi connectivity index (χ0) is 27.7. The van der Waals surface area contributed by atoms with Crippen molar-refractivity contribution in [1.82, 2.24) is 14.3 Å². The molecular formula is C29H25ClN4O5. The van der Waals surface area contributed by atoms with Crippen LogP contribution in [-0.4, -0.2) is 34.5 Å². The van der Waals surface area contributed by atoms with E-state index in [-0.39, 0.29) is 10.6 Å². The molecule has 10 heteroatoms. The van der Waals surface area contributed by atoms with E-state index in [0.717, 1.165) is 0 Å². The zero-order valence-electron chi connectivity index (χ0n) is 21.7. The highest BCUT2D eigenvalue weighted by atomic mass is 35.5. The normalized spacial score (nSPS) is 10.9. The third-order valence-electron chi connectivity index (χ3n) is 6.40. The molecule has 0 atom stereocenters. The second-order valence-corrected chi connectivity index (χ2v) is 9.08. The summed E-state index contributed by atoms with van der Waals surface area (Å²) in [6.45, 7) is 1.73. The summed E-state index contributed by atoms with van der Waals surface area (Å²) < 4.78 is 20.0. The number of carbonyl (C=O) groups excluding carboxylic acids is 1. The number of methoxy groups -OCH3 is 2. The van der Waals surface area contributed by atoms with Crippen LogP contribution in [0.15, 0.2) is 77.7 Å². The molecule has 3 aromatic carbocycles. The number of ether oxygens (including phenoxy) is 3. The summed E-state index contributed by atoms with van der Waals surface area (Å²) in [5.41, 5.74) is 1.90. The van der Waals surface area contributed by atoms with Gasteiger partial charge in [0, 0.05) is 30.4 Å². The smallest absolute Gasteiger partial charge is 0.284 e. The van der Waals surface area contributed by atoms with Gasteiger partial charge in [-0.1, -0.05) is 29.8 Å². The van der Waals surface area contributed by atoms with Gasteiger partial charge in [-0.2, -0.15) is 0 Å². The van der Waals surface area contributed by atoms with Crippen LogP contribution in [-0.2, 0) is 7.05 Å². The van der Waals surface area contributed by atoms with E-state index >= 15 is 0 Å². The van der Waals surface area contributed by atoms with Gasteiger partial charge in [0.05, 0.1) is 36.1 Å². The van der Waals surface area contributed by atoms with Crippen LogP contribution < -0.4 is 25.1 Å². The number of aromatic nitrogens is 3. The number of carbonyl (C=O) groups is 1. The Labute approximate surface area is 229 Å². The number of nitrogens with zero attached hydrogens (tertiary/aromatic N) is 3. The fraction of sp³-hybridized carbons (Fsp3) is 0.138. The standard InChI is InChI=1S/C29H25ClN4O5/c1-17-27(29(36)34(33(17)2)19-8-6-5-7-9-19)28(35)32-18-10-11-24(21(30)14-18)39-23-12-13-31-22-16-26(38-4)25(37-3)15-20(22)23/h5-16H,1-4H3,(H,32,35). The molecule has 0 spiro atoms. The van der Waals surface area contributed by atoms with Crippen LogP contribution in [0.5, 0.6) is 23.0 Å². The number of amides is 1. The van der Waals surface area contributed by atoms with E-state index in [1.807, 2.05) is 18.2 Å². The van der Waals surface area contributed by atoms with Crippen LogP contribution in [0, 0.1) is 6.92 Å². The SMILES string of the molecule is COc1cc2nccc(Oc3ccc(NC(=O)c4c(C)n(C)n(-c5ccccc5)c4=O)cc3Cl)c2cc1OC. The highest BCUT2D eigenvalue weighted by Gasteiger charge is 2.22. The van der Waals surface area contributed by atoms with Gasteiger partial charge in [0.1, 0.15) is 17.1 Å². The molecule has 0 fully saturated rings. The lowest BCUT2D eigenvalue weighted by atomic mass is 10.2. The molecular weight excluding hydrogens is 520 g/mol. The lowest BCUT2D eigenvalue weighted by Gasteiger charge is -2.13. The van der Waals surface area contributed by atoms with Crippen molar-refractivity contribution in [2.45, 2.75) is 6.92 Å². The molecule has 9 nitrogen and oxygen atoms in total. The van der Waals surface area contributed by atoms with Crippen LogP contribution in [0.4, 0.5) is 5.69 Å². The van der Waals surface area contributed by atoms with E-state index in [1.54, 1.807) is 87.6 Å². The molecule has 2 heterocycles. The van der Waals surface area contributed by atoms with Crippen molar-refractivity contribution in [3.63, 3.8) is 0 Å².